The van der Waals surface area contributed by atoms with Gasteiger partial charge in [0.15, 0.2) is 0 Å². The normalized spacial score (nSPS) is 19.1. The Hall–Kier alpha value is -1.49. The molecule has 2 heterocycles. The van der Waals surface area contributed by atoms with Crippen LogP contribution in [0.1, 0.15) is 43.0 Å². The molecule has 0 spiro atoms. The Morgan fingerprint density at radius 3 is 3.00 bits per heavy atom. The van der Waals surface area contributed by atoms with E-state index in [1.165, 1.54) is 12.8 Å². The summed E-state index contributed by atoms with van der Waals surface area (Å²) in [4.78, 5) is 14.4. The van der Waals surface area contributed by atoms with E-state index in [1.54, 1.807) is 18.5 Å². The van der Waals surface area contributed by atoms with Crippen LogP contribution in [-0.4, -0.2) is 46.7 Å². The van der Waals surface area contributed by atoms with Gasteiger partial charge in [0.05, 0.1) is 18.0 Å². The van der Waals surface area contributed by atoms with E-state index in [9.17, 15) is 4.79 Å². The lowest BCUT2D eigenvalue weighted by Gasteiger charge is -2.30. The Labute approximate surface area is 114 Å². The molecule has 1 aliphatic rings. The zero-order valence-electron chi connectivity index (χ0n) is 11.5. The molecular formula is C14H22N4O. The maximum atomic E-state index is 12.4. The molecule has 2 rings (SSSR count). The number of aromatic nitrogens is 2. The number of piperidine rings is 1. The molecule has 1 aromatic heterocycles. The molecule has 19 heavy (non-hydrogen) atoms. The highest BCUT2D eigenvalue weighted by atomic mass is 16.2. The van der Waals surface area contributed by atoms with Crippen molar-refractivity contribution in [3.05, 3.63) is 24.0 Å². The molecule has 1 N–H and O–H groups in total. The molecule has 0 radical (unpaired) electrons. The first-order chi connectivity index (χ1) is 9.31. The standard InChI is InChI=1S/C14H22N4O/c1-2-9-18(11-13-5-3-4-7-15-13)14(19)12-6-8-16-17-10-12/h6,8,10,13,15H,2-5,7,9,11H2,1H3. The molecule has 1 amide bonds. The maximum Gasteiger partial charge on any atom is 0.255 e. The van der Waals surface area contributed by atoms with Gasteiger partial charge in [0.1, 0.15) is 0 Å². The molecule has 1 unspecified atom stereocenters. The Bertz CT molecular complexity index is 390. The quantitative estimate of drug-likeness (QED) is 0.873. The summed E-state index contributed by atoms with van der Waals surface area (Å²) in [5, 5.41) is 11.0. The molecule has 1 atom stereocenters. The van der Waals surface area contributed by atoms with Gasteiger partial charge in [-0.3, -0.25) is 4.79 Å². The van der Waals surface area contributed by atoms with Crippen LogP contribution in [0.4, 0.5) is 0 Å². The number of rotatable bonds is 5. The van der Waals surface area contributed by atoms with Crippen molar-refractivity contribution >= 4 is 5.91 Å². The van der Waals surface area contributed by atoms with Gasteiger partial charge in [-0.2, -0.15) is 10.2 Å². The lowest BCUT2D eigenvalue weighted by molar-refractivity contribution is 0.0731. The highest BCUT2D eigenvalue weighted by Gasteiger charge is 2.21. The SMILES string of the molecule is CCCN(CC1CCCCN1)C(=O)c1ccnnc1. The minimum absolute atomic E-state index is 0.0594. The molecule has 1 aliphatic heterocycles. The van der Waals surface area contributed by atoms with E-state index in [1.807, 2.05) is 4.90 Å². The molecule has 0 aromatic carbocycles. The van der Waals surface area contributed by atoms with Gasteiger partial charge in [0.25, 0.3) is 5.91 Å². The summed E-state index contributed by atoms with van der Waals surface area (Å²) in [6.07, 6.45) is 7.73. The van der Waals surface area contributed by atoms with Crippen molar-refractivity contribution in [2.45, 2.75) is 38.6 Å². The summed E-state index contributed by atoms with van der Waals surface area (Å²) in [6.45, 7) is 4.74. The largest absolute Gasteiger partial charge is 0.337 e. The number of hydrogen-bond acceptors (Lipinski definition) is 4. The fraction of sp³-hybridized carbons (Fsp3) is 0.643. The van der Waals surface area contributed by atoms with Gasteiger partial charge in [0, 0.05) is 19.1 Å². The molecule has 1 aromatic rings. The Morgan fingerprint density at radius 2 is 2.37 bits per heavy atom. The predicted octanol–water partition coefficient (Wildman–Crippen LogP) is 1.47. The second kappa shape index (κ2) is 7.19. The van der Waals surface area contributed by atoms with Gasteiger partial charge in [-0.25, -0.2) is 0 Å². The summed E-state index contributed by atoms with van der Waals surface area (Å²) in [5.41, 5.74) is 0.624. The first kappa shape index (κ1) is 13.9. The van der Waals surface area contributed by atoms with Crippen LogP contribution >= 0.6 is 0 Å². The molecule has 104 valence electrons. The number of carbonyl (C=O) groups is 1. The minimum atomic E-state index is 0.0594. The van der Waals surface area contributed by atoms with Crippen molar-refractivity contribution in [2.75, 3.05) is 19.6 Å². The highest BCUT2D eigenvalue weighted by Crippen LogP contribution is 2.11. The van der Waals surface area contributed by atoms with Crippen molar-refractivity contribution < 1.29 is 4.79 Å². The second-order valence-electron chi connectivity index (χ2n) is 5.03. The molecule has 5 heteroatoms. The topological polar surface area (TPSA) is 58.1 Å². The summed E-state index contributed by atoms with van der Waals surface area (Å²) in [5.74, 6) is 0.0594. The van der Waals surface area contributed by atoms with Crippen LogP contribution in [-0.2, 0) is 0 Å². The molecular weight excluding hydrogens is 240 g/mol. The summed E-state index contributed by atoms with van der Waals surface area (Å²) in [6, 6.07) is 2.16. The van der Waals surface area contributed by atoms with Gasteiger partial charge in [-0.1, -0.05) is 13.3 Å². The average molecular weight is 262 g/mol. The van der Waals surface area contributed by atoms with E-state index in [0.717, 1.165) is 32.5 Å². The van der Waals surface area contributed by atoms with Gasteiger partial charge in [-0.05, 0) is 31.9 Å². The van der Waals surface area contributed by atoms with Crippen LogP contribution in [0, 0.1) is 0 Å². The van der Waals surface area contributed by atoms with Crippen molar-refractivity contribution in [1.82, 2.24) is 20.4 Å². The Morgan fingerprint density at radius 1 is 1.47 bits per heavy atom. The number of amides is 1. The molecule has 5 nitrogen and oxygen atoms in total. The van der Waals surface area contributed by atoms with E-state index >= 15 is 0 Å². The number of carbonyl (C=O) groups excluding carboxylic acids is 1. The van der Waals surface area contributed by atoms with E-state index in [2.05, 4.69) is 22.4 Å². The fourth-order valence-corrected chi connectivity index (χ4v) is 2.49. The molecule has 0 bridgehead atoms. The highest BCUT2D eigenvalue weighted by molar-refractivity contribution is 5.93. The third-order valence-corrected chi connectivity index (χ3v) is 3.47. The Balaban J connectivity index is 2.00. The number of nitrogens with one attached hydrogen (secondary N) is 1. The first-order valence-corrected chi connectivity index (χ1v) is 7.10. The van der Waals surface area contributed by atoms with E-state index in [0.29, 0.717) is 11.6 Å². The average Bonchev–Trinajstić information content (AvgIpc) is 2.48. The summed E-state index contributed by atoms with van der Waals surface area (Å²) >= 11 is 0. The van der Waals surface area contributed by atoms with Crippen molar-refractivity contribution in [3.63, 3.8) is 0 Å². The monoisotopic (exact) mass is 262 g/mol. The van der Waals surface area contributed by atoms with Crippen LogP contribution in [0.2, 0.25) is 0 Å². The van der Waals surface area contributed by atoms with E-state index in [-0.39, 0.29) is 5.91 Å². The maximum absolute atomic E-state index is 12.4. The molecule has 1 fully saturated rings. The lowest BCUT2D eigenvalue weighted by Crippen LogP contribution is -2.46. The van der Waals surface area contributed by atoms with Crippen molar-refractivity contribution in [1.29, 1.82) is 0 Å². The van der Waals surface area contributed by atoms with Crippen LogP contribution < -0.4 is 5.32 Å². The number of nitrogens with zero attached hydrogens (tertiary/aromatic N) is 3. The predicted molar refractivity (Wildman–Crippen MR) is 73.9 cm³/mol. The van der Waals surface area contributed by atoms with Crippen molar-refractivity contribution in [2.24, 2.45) is 0 Å². The van der Waals surface area contributed by atoms with Crippen LogP contribution in [0.5, 0.6) is 0 Å². The zero-order valence-corrected chi connectivity index (χ0v) is 11.5. The molecule has 0 saturated carbocycles. The number of hydrogen-bond donors (Lipinski definition) is 1. The second-order valence-corrected chi connectivity index (χ2v) is 5.03. The Kier molecular flexibility index (Phi) is 5.27. The third kappa shape index (κ3) is 3.99. The fourth-order valence-electron chi connectivity index (χ4n) is 2.49. The lowest BCUT2D eigenvalue weighted by atomic mass is 10.0. The van der Waals surface area contributed by atoms with E-state index < -0.39 is 0 Å². The third-order valence-electron chi connectivity index (χ3n) is 3.47. The van der Waals surface area contributed by atoms with Crippen LogP contribution in [0.3, 0.4) is 0 Å². The summed E-state index contributed by atoms with van der Waals surface area (Å²) < 4.78 is 0. The van der Waals surface area contributed by atoms with Gasteiger partial charge in [0.2, 0.25) is 0 Å². The van der Waals surface area contributed by atoms with Gasteiger partial charge < -0.3 is 10.2 Å². The van der Waals surface area contributed by atoms with Crippen LogP contribution in [0.15, 0.2) is 18.5 Å². The van der Waals surface area contributed by atoms with Crippen LogP contribution in [0.25, 0.3) is 0 Å². The molecule has 1 saturated heterocycles. The molecule has 0 aliphatic carbocycles. The first-order valence-electron chi connectivity index (χ1n) is 7.10. The smallest absolute Gasteiger partial charge is 0.255 e. The van der Waals surface area contributed by atoms with Gasteiger partial charge in [-0.15, -0.1) is 0 Å². The van der Waals surface area contributed by atoms with Crippen molar-refractivity contribution in [3.8, 4) is 0 Å². The zero-order chi connectivity index (χ0) is 13.5. The summed E-state index contributed by atoms with van der Waals surface area (Å²) in [7, 11) is 0. The minimum Gasteiger partial charge on any atom is -0.337 e. The van der Waals surface area contributed by atoms with E-state index in [4.69, 9.17) is 0 Å². The van der Waals surface area contributed by atoms with Gasteiger partial charge >= 0.3 is 0 Å².